The Morgan fingerprint density at radius 1 is 0.431 bits per heavy atom. The normalized spacial score (nSPS) is 13.4. The van der Waals surface area contributed by atoms with Gasteiger partial charge in [-0.15, -0.1) is 0 Å². The van der Waals surface area contributed by atoms with Crippen molar-refractivity contribution in [2.45, 2.75) is 302 Å². The minimum atomic E-state index is -4.76. The van der Waals surface area contributed by atoms with Crippen LogP contribution in [0.25, 0.3) is 0 Å². The molecule has 3 atom stereocenters. The van der Waals surface area contributed by atoms with Crippen molar-refractivity contribution in [3.8, 4) is 0 Å². The molecule has 0 aliphatic heterocycles. The van der Waals surface area contributed by atoms with Crippen LogP contribution in [0.4, 0.5) is 0 Å². The summed E-state index contributed by atoms with van der Waals surface area (Å²) in [7, 11) is -4.76. The minimum Gasteiger partial charge on any atom is -0.480 e. The second kappa shape index (κ2) is 48.9. The number of ether oxygens (including phenoxy) is 1. The van der Waals surface area contributed by atoms with Crippen LogP contribution in [-0.2, 0) is 32.7 Å². The molecule has 0 aromatic heterocycles. The Labute approximate surface area is 399 Å². The fraction of sp³-hybridized carbons (Fsp3) is 0.943. The first-order chi connectivity index (χ1) is 31.6. The molecule has 0 aliphatic carbocycles. The summed E-state index contributed by atoms with van der Waals surface area (Å²) in [4.78, 5) is 46.2. The number of phosphoric ester groups is 1. The zero-order chi connectivity index (χ0) is 47.7. The molecule has 0 aromatic rings. The number of amides is 1. The Morgan fingerprint density at radius 2 is 0.708 bits per heavy atom. The van der Waals surface area contributed by atoms with E-state index < -0.39 is 57.6 Å². The van der Waals surface area contributed by atoms with Gasteiger partial charge in [-0.1, -0.05) is 264 Å². The summed E-state index contributed by atoms with van der Waals surface area (Å²) in [5.41, 5.74) is 0. The highest BCUT2D eigenvalue weighted by molar-refractivity contribution is 7.47. The molecular weight excluding hydrogens is 842 g/mol. The van der Waals surface area contributed by atoms with Crippen molar-refractivity contribution in [2.24, 2.45) is 0 Å². The molecule has 0 aromatic carbocycles. The van der Waals surface area contributed by atoms with E-state index in [1.807, 2.05) is 0 Å². The summed E-state index contributed by atoms with van der Waals surface area (Å²) in [5, 5.41) is 22.0. The summed E-state index contributed by atoms with van der Waals surface area (Å²) in [6.07, 6.45) is 51.3. The molecule has 0 spiro atoms. The molecule has 0 radical (unpaired) electrons. The molecule has 0 rings (SSSR count). The second-order valence-electron chi connectivity index (χ2n) is 19.1. The van der Waals surface area contributed by atoms with Gasteiger partial charge < -0.3 is 25.2 Å². The second-order valence-corrected chi connectivity index (χ2v) is 20.6. The lowest BCUT2D eigenvalue weighted by atomic mass is 10.0. The van der Waals surface area contributed by atoms with Crippen LogP contribution in [0, 0.1) is 0 Å². The number of aliphatic carboxylic acids is 1. The van der Waals surface area contributed by atoms with Crippen LogP contribution in [0.5, 0.6) is 0 Å². The molecule has 0 bridgehead atoms. The third kappa shape index (κ3) is 48.7. The number of hydrogen-bond acceptors (Lipinski definition) is 8. The third-order valence-electron chi connectivity index (χ3n) is 12.6. The van der Waals surface area contributed by atoms with Gasteiger partial charge >= 0.3 is 19.8 Å². The summed E-state index contributed by atoms with van der Waals surface area (Å²) in [5.74, 6) is -2.34. The van der Waals surface area contributed by atoms with Gasteiger partial charge in [0, 0.05) is 12.8 Å². The van der Waals surface area contributed by atoms with Crippen LogP contribution in [0.2, 0.25) is 0 Å². The number of phosphoric acid groups is 1. The maximum Gasteiger partial charge on any atom is 0.472 e. The van der Waals surface area contributed by atoms with Crippen LogP contribution >= 0.6 is 7.82 Å². The lowest BCUT2D eigenvalue weighted by Crippen LogP contribution is -2.43. The van der Waals surface area contributed by atoms with E-state index >= 15 is 0 Å². The van der Waals surface area contributed by atoms with E-state index in [1.54, 1.807) is 0 Å². The summed E-state index contributed by atoms with van der Waals surface area (Å²) >= 11 is 0. The largest absolute Gasteiger partial charge is 0.480 e. The van der Waals surface area contributed by atoms with Gasteiger partial charge in [0.25, 0.3) is 0 Å². The molecule has 0 saturated carbocycles. The first kappa shape index (κ1) is 63.5. The van der Waals surface area contributed by atoms with Crippen LogP contribution in [0.3, 0.4) is 0 Å². The van der Waals surface area contributed by atoms with Gasteiger partial charge in [0.1, 0.15) is 12.7 Å². The van der Waals surface area contributed by atoms with Gasteiger partial charge in [0.2, 0.25) is 5.91 Å². The molecule has 0 saturated heterocycles. The van der Waals surface area contributed by atoms with Crippen LogP contribution in [0.15, 0.2) is 0 Å². The number of carboxylic acid groups (broad SMARTS) is 1. The molecule has 3 unspecified atom stereocenters. The molecule has 386 valence electrons. The highest BCUT2D eigenvalue weighted by Crippen LogP contribution is 2.43. The van der Waals surface area contributed by atoms with Crippen molar-refractivity contribution in [1.29, 1.82) is 0 Å². The number of aliphatic hydroxyl groups is 1. The number of hydrogen-bond donors (Lipinski definition) is 4. The fourth-order valence-electron chi connectivity index (χ4n) is 8.38. The molecule has 65 heavy (non-hydrogen) atoms. The Morgan fingerprint density at radius 3 is 1.02 bits per heavy atom. The maximum atomic E-state index is 12.4. The smallest absolute Gasteiger partial charge is 0.472 e. The highest BCUT2D eigenvalue weighted by Gasteiger charge is 2.28. The number of unbranched alkanes of at least 4 members (excludes halogenated alkanes) is 39. The molecule has 1 amide bonds. The summed E-state index contributed by atoms with van der Waals surface area (Å²) in [6, 6.07) is -1.54. The van der Waals surface area contributed by atoms with Crippen molar-refractivity contribution in [3.63, 3.8) is 0 Å². The Bertz CT molecular complexity index is 1110. The zero-order valence-corrected chi connectivity index (χ0v) is 43.2. The topological polar surface area (TPSA) is 169 Å². The quantitative estimate of drug-likeness (QED) is 0.0262. The molecule has 4 N–H and O–H groups in total. The van der Waals surface area contributed by atoms with Crippen molar-refractivity contribution in [2.75, 3.05) is 19.8 Å². The number of esters is 1. The van der Waals surface area contributed by atoms with E-state index in [1.165, 1.54) is 212 Å². The lowest BCUT2D eigenvalue weighted by molar-refractivity contribution is -0.147. The number of aliphatic hydroxyl groups excluding tert-OH is 1. The molecular formula is C53H104NO10P. The van der Waals surface area contributed by atoms with Gasteiger partial charge in [-0.25, -0.2) is 9.36 Å². The van der Waals surface area contributed by atoms with E-state index in [2.05, 4.69) is 19.2 Å². The lowest BCUT2D eigenvalue weighted by Gasteiger charge is -2.18. The average Bonchev–Trinajstić information content (AvgIpc) is 3.28. The van der Waals surface area contributed by atoms with Crippen molar-refractivity contribution in [3.05, 3.63) is 0 Å². The van der Waals surface area contributed by atoms with Crippen molar-refractivity contribution < 1.29 is 47.8 Å². The number of carboxylic acids is 1. The Hall–Kier alpha value is -1.52. The van der Waals surface area contributed by atoms with Crippen molar-refractivity contribution >= 4 is 25.7 Å². The molecule has 11 nitrogen and oxygen atoms in total. The van der Waals surface area contributed by atoms with Gasteiger partial charge in [0.15, 0.2) is 6.04 Å². The highest BCUT2D eigenvalue weighted by atomic mass is 31.2. The van der Waals surface area contributed by atoms with E-state index in [-0.39, 0.29) is 12.8 Å². The monoisotopic (exact) mass is 946 g/mol. The van der Waals surface area contributed by atoms with Crippen LogP contribution in [0.1, 0.15) is 290 Å². The van der Waals surface area contributed by atoms with E-state index in [4.69, 9.17) is 13.8 Å². The molecule has 0 fully saturated rings. The first-order valence-corrected chi connectivity index (χ1v) is 29.1. The zero-order valence-electron chi connectivity index (χ0n) is 42.3. The molecule has 0 aliphatic rings. The van der Waals surface area contributed by atoms with Crippen LogP contribution < -0.4 is 5.32 Å². The number of rotatable bonds is 53. The van der Waals surface area contributed by atoms with Crippen molar-refractivity contribution in [1.82, 2.24) is 5.32 Å². The van der Waals surface area contributed by atoms with E-state index in [9.17, 15) is 34.1 Å². The van der Waals surface area contributed by atoms with Gasteiger partial charge in [0.05, 0.1) is 13.2 Å². The Kier molecular flexibility index (Phi) is 47.8. The Balaban J connectivity index is 3.74. The number of carbonyl (C=O) groups excluding carboxylic acids is 2. The summed E-state index contributed by atoms with van der Waals surface area (Å²) < 4.78 is 27.0. The van der Waals surface area contributed by atoms with Crippen LogP contribution in [-0.4, -0.2) is 64.9 Å². The average molecular weight is 946 g/mol. The maximum absolute atomic E-state index is 12.4. The SMILES string of the molecule is CCCCCCCCCCCCCCCCCCCCCCCC(=O)OCC(O)COP(=O)(O)OCC(NC(=O)CCCCCCCCCCCCCCCCCCCCCC)C(=O)O. The predicted molar refractivity (Wildman–Crippen MR) is 268 cm³/mol. The minimum absolute atomic E-state index is 0.153. The van der Waals surface area contributed by atoms with Gasteiger partial charge in [-0.2, -0.15) is 0 Å². The van der Waals surface area contributed by atoms with Gasteiger partial charge in [-0.3, -0.25) is 18.6 Å². The standard InChI is InChI=1S/C53H104NO10P/c1-3-5-7-9-11-13-15-17-19-21-23-25-27-29-31-33-35-37-39-41-43-45-52(57)62-46-49(55)47-63-65(60,61)64-48-50(53(58)59)54-51(56)44-42-40-38-36-34-32-30-28-26-24-22-20-18-16-14-12-10-8-6-4-2/h49-50,55H,3-48H2,1-2H3,(H,54,56)(H,58,59)(H,60,61). The fourth-order valence-corrected chi connectivity index (χ4v) is 9.15. The van der Waals surface area contributed by atoms with Gasteiger partial charge in [-0.05, 0) is 12.8 Å². The number of nitrogens with one attached hydrogen (secondary N) is 1. The predicted octanol–water partition coefficient (Wildman–Crippen LogP) is 15.4. The van der Waals surface area contributed by atoms with E-state index in [0.717, 1.165) is 38.5 Å². The molecule has 0 heterocycles. The van der Waals surface area contributed by atoms with E-state index in [0.29, 0.717) is 12.8 Å². The first-order valence-electron chi connectivity index (χ1n) is 27.6. The third-order valence-corrected chi connectivity index (χ3v) is 13.6. The number of carbonyl (C=O) groups is 3. The molecule has 12 heteroatoms. The summed E-state index contributed by atoms with van der Waals surface area (Å²) in [6.45, 7) is 2.67.